The van der Waals surface area contributed by atoms with Crippen molar-refractivity contribution in [2.24, 2.45) is 0 Å². The molecule has 2 aromatic rings. The van der Waals surface area contributed by atoms with Crippen LogP contribution in [0.1, 0.15) is 28.8 Å². The molecule has 108 valence electrons. The number of pyridine rings is 1. The molecule has 0 spiro atoms. The van der Waals surface area contributed by atoms with Gasteiger partial charge in [0, 0.05) is 42.4 Å². The highest BCUT2D eigenvalue weighted by atomic mass is 35.5. The van der Waals surface area contributed by atoms with Gasteiger partial charge in [0.1, 0.15) is 0 Å². The van der Waals surface area contributed by atoms with E-state index in [2.05, 4.69) is 10.3 Å². The Morgan fingerprint density at radius 1 is 1.00 bits per heavy atom. The third-order valence-corrected chi connectivity index (χ3v) is 3.24. The van der Waals surface area contributed by atoms with Crippen LogP contribution >= 0.6 is 11.6 Å². The molecule has 0 saturated carbocycles. The average molecular weight is 303 g/mol. The lowest BCUT2D eigenvalue weighted by molar-refractivity contribution is -0.121. The fourth-order valence-corrected chi connectivity index (χ4v) is 1.92. The maximum atomic E-state index is 11.9. The van der Waals surface area contributed by atoms with E-state index in [0.29, 0.717) is 17.1 Å². The van der Waals surface area contributed by atoms with Crippen molar-refractivity contribution < 1.29 is 9.59 Å². The lowest BCUT2D eigenvalue weighted by Crippen LogP contribution is -2.23. The monoisotopic (exact) mass is 302 g/mol. The van der Waals surface area contributed by atoms with Crippen molar-refractivity contribution in [3.8, 4) is 0 Å². The number of rotatable bonds is 6. The van der Waals surface area contributed by atoms with Crippen LogP contribution in [-0.4, -0.2) is 16.7 Å². The molecule has 1 aromatic heterocycles. The number of carbonyl (C=O) groups excluding carboxylic acids is 2. The summed E-state index contributed by atoms with van der Waals surface area (Å²) in [4.78, 5) is 27.5. The SMILES string of the molecule is O=C(CCC(=O)c1ccc(Cl)cc1)NCc1ccncc1. The number of hydrogen-bond donors (Lipinski definition) is 1. The first-order valence-electron chi connectivity index (χ1n) is 6.59. The molecule has 4 nitrogen and oxygen atoms in total. The molecule has 0 fully saturated rings. The van der Waals surface area contributed by atoms with Crippen LogP contribution in [0.4, 0.5) is 0 Å². The van der Waals surface area contributed by atoms with Crippen molar-refractivity contribution in [2.75, 3.05) is 0 Å². The smallest absolute Gasteiger partial charge is 0.220 e. The van der Waals surface area contributed by atoms with E-state index >= 15 is 0 Å². The topological polar surface area (TPSA) is 59.1 Å². The Labute approximate surface area is 128 Å². The molecule has 0 atom stereocenters. The van der Waals surface area contributed by atoms with E-state index in [9.17, 15) is 9.59 Å². The minimum Gasteiger partial charge on any atom is -0.352 e. The lowest BCUT2D eigenvalue weighted by atomic mass is 10.1. The van der Waals surface area contributed by atoms with Crippen molar-refractivity contribution in [2.45, 2.75) is 19.4 Å². The molecule has 1 amide bonds. The summed E-state index contributed by atoms with van der Waals surface area (Å²) in [6, 6.07) is 10.3. The first kappa shape index (κ1) is 15.2. The summed E-state index contributed by atoms with van der Waals surface area (Å²) < 4.78 is 0. The van der Waals surface area contributed by atoms with E-state index in [0.717, 1.165) is 5.56 Å². The van der Waals surface area contributed by atoms with Crippen LogP contribution in [0, 0.1) is 0 Å². The fraction of sp³-hybridized carbons (Fsp3) is 0.188. The molecule has 0 aliphatic rings. The van der Waals surface area contributed by atoms with E-state index in [-0.39, 0.29) is 24.5 Å². The van der Waals surface area contributed by atoms with E-state index in [1.54, 1.807) is 36.7 Å². The second-order valence-electron chi connectivity index (χ2n) is 4.56. The van der Waals surface area contributed by atoms with Gasteiger partial charge >= 0.3 is 0 Å². The summed E-state index contributed by atoms with van der Waals surface area (Å²) in [7, 11) is 0. The van der Waals surface area contributed by atoms with E-state index < -0.39 is 0 Å². The van der Waals surface area contributed by atoms with Crippen LogP contribution < -0.4 is 5.32 Å². The number of amides is 1. The number of aromatic nitrogens is 1. The molecule has 21 heavy (non-hydrogen) atoms. The number of halogens is 1. The number of nitrogens with zero attached hydrogens (tertiary/aromatic N) is 1. The average Bonchev–Trinajstić information content (AvgIpc) is 2.52. The zero-order valence-electron chi connectivity index (χ0n) is 11.4. The highest BCUT2D eigenvalue weighted by molar-refractivity contribution is 6.30. The van der Waals surface area contributed by atoms with Crippen LogP contribution in [0.15, 0.2) is 48.8 Å². The van der Waals surface area contributed by atoms with Gasteiger partial charge in [-0.05, 0) is 42.0 Å². The van der Waals surface area contributed by atoms with Gasteiger partial charge in [0.2, 0.25) is 5.91 Å². The molecule has 0 radical (unpaired) electrons. The minimum atomic E-state index is -0.144. The molecule has 0 unspecified atom stereocenters. The van der Waals surface area contributed by atoms with Gasteiger partial charge < -0.3 is 5.32 Å². The molecule has 5 heteroatoms. The summed E-state index contributed by atoms with van der Waals surface area (Å²) in [5.74, 6) is -0.208. The quantitative estimate of drug-likeness (QED) is 0.834. The van der Waals surface area contributed by atoms with Crippen molar-refractivity contribution in [1.82, 2.24) is 10.3 Å². The Balaban J connectivity index is 1.76. The van der Waals surface area contributed by atoms with Gasteiger partial charge in [-0.25, -0.2) is 0 Å². The van der Waals surface area contributed by atoms with Crippen LogP contribution in [0.3, 0.4) is 0 Å². The Kier molecular flexibility index (Phi) is 5.46. The van der Waals surface area contributed by atoms with E-state index in [1.165, 1.54) is 0 Å². The van der Waals surface area contributed by atoms with Crippen LogP contribution in [0.25, 0.3) is 0 Å². The highest BCUT2D eigenvalue weighted by Gasteiger charge is 2.09. The number of nitrogens with one attached hydrogen (secondary N) is 1. The zero-order valence-corrected chi connectivity index (χ0v) is 12.1. The Hall–Kier alpha value is -2.20. The second kappa shape index (κ2) is 7.55. The maximum absolute atomic E-state index is 11.9. The first-order valence-corrected chi connectivity index (χ1v) is 6.97. The standard InChI is InChI=1S/C16H15ClN2O2/c17-14-3-1-13(2-4-14)15(20)5-6-16(21)19-11-12-7-9-18-10-8-12/h1-4,7-10H,5-6,11H2,(H,19,21). The molecular weight excluding hydrogens is 288 g/mol. The molecule has 2 rings (SSSR count). The summed E-state index contributed by atoms with van der Waals surface area (Å²) in [5, 5.41) is 3.36. The van der Waals surface area contributed by atoms with Gasteiger partial charge in [-0.3, -0.25) is 14.6 Å². The number of hydrogen-bond acceptors (Lipinski definition) is 3. The number of ketones is 1. The van der Waals surface area contributed by atoms with Crippen LogP contribution in [-0.2, 0) is 11.3 Å². The lowest BCUT2D eigenvalue weighted by Gasteiger charge is -2.05. The summed E-state index contributed by atoms with van der Waals surface area (Å²) in [6.45, 7) is 0.441. The summed E-state index contributed by atoms with van der Waals surface area (Å²) in [5.41, 5.74) is 1.55. The van der Waals surface area contributed by atoms with Gasteiger partial charge in [-0.1, -0.05) is 11.6 Å². The normalized spacial score (nSPS) is 10.1. The molecule has 0 aliphatic heterocycles. The van der Waals surface area contributed by atoms with Crippen molar-refractivity contribution in [1.29, 1.82) is 0 Å². The molecule has 1 aromatic carbocycles. The van der Waals surface area contributed by atoms with Gasteiger partial charge in [0.15, 0.2) is 5.78 Å². The van der Waals surface area contributed by atoms with Crippen molar-refractivity contribution in [3.05, 3.63) is 64.9 Å². The van der Waals surface area contributed by atoms with E-state index in [1.807, 2.05) is 12.1 Å². The second-order valence-corrected chi connectivity index (χ2v) is 5.00. The number of carbonyl (C=O) groups is 2. The third kappa shape index (κ3) is 5.00. The van der Waals surface area contributed by atoms with Crippen molar-refractivity contribution >= 4 is 23.3 Å². The molecule has 1 heterocycles. The number of benzene rings is 1. The molecule has 0 aliphatic carbocycles. The Morgan fingerprint density at radius 3 is 2.33 bits per heavy atom. The van der Waals surface area contributed by atoms with Crippen LogP contribution in [0.2, 0.25) is 5.02 Å². The summed E-state index contributed by atoms with van der Waals surface area (Å²) in [6.07, 6.45) is 3.70. The Bertz CT molecular complexity index is 612. The maximum Gasteiger partial charge on any atom is 0.220 e. The van der Waals surface area contributed by atoms with Gasteiger partial charge in [0.25, 0.3) is 0 Å². The molecule has 1 N–H and O–H groups in total. The van der Waals surface area contributed by atoms with Crippen molar-refractivity contribution in [3.63, 3.8) is 0 Å². The predicted octanol–water partition coefficient (Wildman–Crippen LogP) is 3.01. The zero-order chi connectivity index (χ0) is 15.1. The number of Topliss-reactive ketones (excluding diaryl/α,β-unsaturated/α-hetero) is 1. The highest BCUT2D eigenvalue weighted by Crippen LogP contribution is 2.11. The molecule has 0 saturated heterocycles. The van der Waals surface area contributed by atoms with Gasteiger partial charge in [-0.15, -0.1) is 0 Å². The van der Waals surface area contributed by atoms with Crippen LogP contribution in [0.5, 0.6) is 0 Å². The summed E-state index contributed by atoms with van der Waals surface area (Å²) >= 11 is 5.76. The van der Waals surface area contributed by atoms with Gasteiger partial charge in [-0.2, -0.15) is 0 Å². The Morgan fingerprint density at radius 2 is 1.67 bits per heavy atom. The van der Waals surface area contributed by atoms with Gasteiger partial charge in [0.05, 0.1) is 0 Å². The third-order valence-electron chi connectivity index (χ3n) is 2.98. The predicted molar refractivity (Wildman–Crippen MR) is 81.1 cm³/mol. The first-order chi connectivity index (χ1) is 10.1. The minimum absolute atomic E-state index is 0.0641. The molecular formula is C16H15ClN2O2. The fourth-order valence-electron chi connectivity index (χ4n) is 1.80. The largest absolute Gasteiger partial charge is 0.352 e. The molecule has 0 bridgehead atoms. The van der Waals surface area contributed by atoms with E-state index in [4.69, 9.17) is 11.6 Å².